The third-order valence-electron chi connectivity index (χ3n) is 7.67. The summed E-state index contributed by atoms with van der Waals surface area (Å²) in [6, 6.07) is 25.8. The number of aliphatic hydroxyl groups excluding tert-OH is 1. The van der Waals surface area contributed by atoms with Gasteiger partial charge in [0.1, 0.15) is 18.4 Å². The zero-order chi connectivity index (χ0) is 30.0. The molecule has 1 aliphatic carbocycles. The highest BCUT2D eigenvalue weighted by Crippen LogP contribution is 2.58. The van der Waals surface area contributed by atoms with Gasteiger partial charge >= 0.3 is 6.09 Å². The van der Waals surface area contributed by atoms with Gasteiger partial charge in [0.15, 0.2) is 0 Å². The van der Waals surface area contributed by atoms with E-state index in [0.717, 1.165) is 22.4 Å². The fourth-order valence-corrected chi connectivity index (χ4v) is 6.03. The summed E-state index contributed by atoms with van der Waals surface area (Å²) in [6.45, 7) is 4.43. The molecule has 0 radical (unpaired) electrons. The monoisotopic (exact) mass is 589 g/mol. The maximum Gasteiger partial charge on any atom is 0.411 e. The quantitative estimate of drug-likeness (QED) is 0.205. The first-order chi connectivity index (χ1) is 20.4. The van der Waals surface area contributed by atoms with Crippen molar-refractivity contribution in [1.82, 2.24) is 10.2 Å². The third kappa shape index (κ3) is 7.53. The van der Waals surface area contributed by atoms with E-state index in [1.54, 1.807) is 12.5 Å². The van der Waals surface area contributed by atoms with E-state index in [1.165, 1.54) is 16.7 Å². The Bertz CT molecular complexity index is 1330. The van der Waals surface area contributed by atoms with Crippen LogP contribution in [-0.2, 0) is 22.7 Å². The van der Waals surface area contributed by atoms with Crippen LogP contribution < -0.4 is 15.8 Å². The zero-order valence-electron chi connectivity index (χ0n) is 23.9. The van der Waals surface area contributed by atoms with Crippen LogP contribution in [0.25, 0.3) is 0 Å². The molecule has 1 aliphatic rings. The maximum atomic E-state index is 14.0. The number of nitrogens with one attached hydrogen (secondary N) is 1. The Balaban J connectivity index is 1.64. The SMILES string of the molecule is C=CSCC[C@@H](C(N)=O)N(C(=O)OCc1ccccc1)C1([C@H](O)CNCc2cccc(OC)c2)C[C@H]1c1ccccc1. The van der Waals surface area contributed by atoms with E-state index in [1.807, 2.05) is 84.9 Å². The van der Waals surface area contributed by atoms with Crippen molar-refractivity contribution in [3.05, 3.63) is 114 Å². The Hall–Kier alpha value is -3.79. The number of aliphatic hydroxyl groups is 1. The molecule has 3 aromatic rings. The van der Waals surface area contributed by atoms with Gasteiger partial charge in [-0.2, -0.15) is 0 Å². The van der Waals surface area contributed by atoms with Crippen molar-refractivity contribution in [2.24, 2.45) is 5.73 Å². The summed E-state index contributed by atoms with van der Waals surface area (Å²) < 4.78 is 11.1. The van der Waals surface area contributed by atoms with Crippen LogP contribution in [0.15, 0.2) is 96.9 Å². The number of nitrogens with two attached hydrogens (primary N) is 1. The maximum absolute atomic E-state index is 14.0. The van der Waals surface area contributed by atoms with E-state index < -0.39 is 29.7 Å². The number of nitrogens with zero attached hydrogens (tertiary/aromatic N) is 1. The third-order valence-corrected chi connectivity index (χ3v) is 8.38. The van der Waals surface area contributed by atoms with Gasteiger partial charge in [0.05, 0.1) is 18.8 Å². The summed E-state index contributed by atoms with van der Waals surface area (Å²) in [5.74, 6) is 0.402. The minimum absolute atomic E-state index is 0.0271. The van der Waals surface area contributed by atoms with Crippen LogP contribution in [-0.4, -0.2) is 59.1 Å². The zero-order valence-corrected chi connectivity index (χ0v) is 24.7. The number of methoxy groups -OCH3 is 1. The first-order valence-electron chi connectivity index (χ1n) is 14.0. The van der Waals surface area contributed by atoms with E-state index in [0.29, 0.717) is 25.1 Å². The molecule has 3 aromatic carbocycles. The van der Waals surface area contributed by atoms with Crippen molar-refractivity contribution in [2.75, 3.05) is 19.4 Å². The average molecular weight is 590 g/mol. The fourth-order valence-electron chi connectivity index (χ4n) is 5.51. The molecular formula is C33H39N3O5S. The van der Waals surface area contributed by atoms with Gasteiger partial charge in [-0.05, 0) is 52.8 Å². The normalized spacial score (nSPS) is 18.9. The van der Waals surface area contributed by atoms with Crippen molar-refractivity contribution in [3.8, 4) is 5.75 Å². The fraction of sp³-hybridized carbons (Fsp3) is 0.333. The molecule has 0 spiro atoms. The minimum Gasteiger partial charge on any atom is -0.497 e. The summed E-state index contributed by atoms with van der Waals surface area (Å²) in [4.78, 5) is 28.3. The smallest absolute Gasteiger partial charge is 0.411 e. The number of carbonyl (C=O) groups excluding carboxylic acids is 2. The lowest BCUT2D eigenvalue weighted by molar-refractivity contribution is -0.125. The van der Waals surface area contributed by atoms with E-state index in [9.17, 15) is 14.7 Å². The number of rotatable bonds is 16. The Morgan fingerprint density at radius 3 is 2.48 bits per heavy atom. The summed E-state index contributed by atoms with van der Waals surface area (Å²) >= 11 is 1.44. The molecule has 2 amide bonds. The second-order valence-corrected chi connectivity index (χ2v) is 11.4. The average Bonchev–Trinajstić information content (AvgIpc) is 3.77. The number of carbonyl (C=O) groups is 2. The van der Waals surface area contributed by atoms with Gasteiger partial charge in [0.25, 0.3) is 0 Å². The second-order valence-electron chi connectivity index (χ2n) is 10.3. The Kier molecular flexibility index (Phi) is 11.1. The van der Waals surface area contributed by atoms with Crippen LogP contribution in [0.2, 0.25) is 0 Å². The van der Waals surface area contributed by atoms with Crippen molar-refractivity contribution >= 4 is 23.8 Å². The second kappa shape index (κ2) is 14.9. The summed E-state index contributed by atoms with van der Waals surface area (Å²) in [6.07, 6.45) is -0.958. The number of ether oxygens (including phenoxy) is 2. The standard InChI is InChI=1S/C33H39N3O5S/c1-3-42-18-17-29(31(34)38)36(32(39)41-23-24-11-6-4-7-12-24)33(20-28(33)26-14-8-5-9-15-26)30(37)22-35-21-25-13-10-16-27(19-25)40-2/h3-16,19,28-30,35,37H,1,17-18,20-23H2,2H3,(H2,34,38)/t28-,29-,30+,33?/m0/s1. The number of hydrogen-bond donors (Lipinski definition) is 3. The van der Waals surface area contributed by atoms with E-state index in [2.05, 4.69) is 11.9 Å². The molecule has 1 fully saturated rings. The predicted molar refractivity (Wildman–Crippen MR) is 166 cm³/mol. The highest BCUT2D eigenvalue weighted by molar-refractivity contribution is 8.02. The van der Waals surface area contributed by atoms with Crippen LogP contribution in [0.1, 0.15) is 35.4 Å². The van der Waals surface area contributed by atoms with E-state index in [4.69, 9.17) is 15.2 Å². The molecular weight excluding hydrogens is 550 g/mol. The number of hydrogen-bond acceptors (Lipinski definition) is 7. The van der Waals surface area contributed by atoms with Crippen molar-refractivity contribution < 1.29 is 24.2 Å². The topological polar surface area (TPSA) is 114 Å². The molecule has 9 heteroatoms. The van der Waals surface area contributed by atoms with Gasteiger partial charge in [0, 0.05) is 19.0 Å². The van der Waals surface area contributed by atoms with E-state index >= 15 is 0 Å². The summed E-state index contributed by atoms with van der Waals surface area (Å²) in [5, 5.41) is 16.9. The van der Waals surface area contributed by atoms with Crippen LogP contribution in [0.5, 0.6) is 5.75 Å². The summed E-state index contributed by atoms with van der Waals surface area (Å²) in [5.41, 5.74) is 7.61. The van der Waals surface area contributed by atoms with Crippen LogP contribution in [0.3, 0.4) is 0 Å². The molecule has 8 nitrogen and oxygen atoms in total. The van der Waals surface area contributed by atoms with Crippen molar-refractivity contribution in [2.45, 2.75) is 49.6 Å². The Morgan fingerprint density at radius 2 is 1.81 bits per heavy atom. The van der Waals surface area contributed by atoms with Crippen molar-refractivity contribution in [1.29, 1.82) is 0 Å². The highest BCUT2D eigenvalue weighted by Gasteiger charge is 2.66. The van der Waals surface area contributed by atoms with Crippen molar-refractivity contribution in [3.63, 3.8) is 0 Å². The number of thioether (sulfide) groups is 1. The van der Waals surface area contributed by atoms with Gasteiger partial charge < -0.3 is 25.6 Å². The molecule has 4 rings (SSSR count). The molecule has 4 atom stereocenters. The molecule has 222 valence electrons. The predicted octanol–water partition coefficient (Wildman–Crippen LogP) is 4.83. The number of primary amides is 1. The lowest BCUT2D eigenvalue weighted by atomic mass is 9.96. The Morgan fingerprint density at radius 1 is 1.12 bits per heavy atom. The molecule has 0 aromatic heterocycles. The lowest BCUT2D eigenvalue weighted by Crippen LogP contribution is -2.60. The first kappa shape index (κ1) is 31.2. The van der Waals surface area contributed by atoms with Gasteiger partial charge in [-0.1, -0.05) is 79.4 Å². The van der Waals surface area contributed by atoms with Crippen LogP contribution in [0.4, 0.5) is 4.79 Å². The molecule has 0 bridgehead atoms. The molecule has 42 heavy (non-hydrogen) atoms. The molecule has 1 unspecified atom stereocenters. The molecule has 0 aliphatic heterocycles. The van der Waals surface area contributed by atoms with Gasteiger partial charge in [-0.3, -0.25) is 9.69 Å². The van der Waals surface area contributed by atoms with Gasteiger partial charge in [-0.15, -0.1) is 11.8 Å². The largest absolute Gasteiger partial charge is 0.497 e. The molecule has 0 heterocycles. The first-order valence-corrected chi connectivity index (χ1v) is 15.0. The lowest BCUT2D eigenvalue weighted by Gasteiger charge is -2.40. The number of benzene rings is 3. The molecule has 0 saturated heterocycles. The van der Waals surface area contributed by atoms with Gasteiger partial charge in [0.2, 0.25) is 5.91 Å². The van der Waals surface area contributed by atoms with Crippen LogP contribution >= 0.6 is 11.8 Å². The summed E-state index contributed by atoms with van der Waals surface area (Å²) in [7, 11) is 1.62. The highest BCUT2D eigenvalue weighted by atomic mass is 32.2. The number of amides is 2. The molecule has 4 N–H and O–H groups in total. The van der Waals surface area contributed by atoms with E-state index in [-0.39, 0.29) is 19.1 Å². The van der Waals surface area contributed by atoms with Crippen LogP contribution in [0, 0.1) is 0 Å². The van der Waals surface area contributed by atoms with Gasteiger partial charge in [-0.25, -0.2) is 4.79 Å². The minimum atomic E-state index is -1.10. The molecule has 1 saturated carbocycles. The Labute approximate surface area is 251 Å².